The first-order chi connectivity index (χ1) is 16.8. The molecule has 34 heavy (non-hydrogen) atoms. The molecule has 0 saturated heterocycles. The van der Waals surface area contributed by atoms with Crippen molar-refractivity contribution in [1.29, 1.82) is 0 Å². The summed E-state index contributed by atoms with van der Waals surface area (Å²) in [6.07, 6.45) is 17.6. The molecule has 0 aliphatic carbocycles. The minimum absolute atomic E-state index is 0.670. The summed E-state index contributed by atoms with van der Waals surface area (Å²) in [7, 11) is 0. The van der Waals surface area contributed by atoms with Crippen LogP contribution in [0.3, 0.4) is 0 Å². The predicted octanol–water partition coefficient (Wildman–Crippen LogP) is 9.10. The Kier molecular flexibility index (Phi) is 11.5. The van der Waals surface area contributed by atoms with Gasteiger partial charge in [0.1, 0.15) is 11.5 Å². The van der Waals surface area contributed by atoms with E-state index in [0.29, 0.717) is 6.61 Å². The molecule has 3 rings (SSSR count). The van der Waals surface area contributed by atoms with Crippen LogP contribution in [0.25, 0.3) is 23.1 Å². The second-order valence-electron chi connectivity index (χ2n) is 8.96. The maximum absolute atomic E-state index is 5.92. The van der Waals surface area contributed by atoms with Crippen molar-refractivity contribution in [3.8, 4) is 11.5 Å². The van der Waals surface area contributed by atoms with Crippen molar-refractivity contribution in [2.45, 2.75) is 78.1 Å². The lowest BCUT2D eigenvalue weighted by Gasteiger charge is -2.07. The van der Waals surface area contributed by atoms with Gasteiger partial charge in [-0.3, -0.25) is 0 Å². The molecule has 0 saturated carbocycles. The van der Waals surface area contributed by atoms with Crippen LogP contribution >= 0.6 is 0 Å². The Labute approximate surface area is 206 Å². The van der Waals surface area contributed by atoms with Gasteiger partial charge in [-0.05, 0) is 61.4 Å². The fourth-order valence-electron chi connectivity index (χ4n) is 4.10. The highest BCUT2D eigenvalue weighted by molar-refractivity contribution is 5.82. The molecule has 0 spiro atoms. The smallest absolute Gasteiger partial charge is 0.120 e. The van der Waals surface area contributed by atoms with E-state index in [-0.39, 0.29) is 0 Å². The van der Waals surface area contributed by atoms with Gasteiger partial charge in [0, 0.05) is 5.39 Å². The van der Waals surface area contributed by atoms with Gasteiger partial charge in [-0.2, -0.15) is 0 Å². The number of aromatic nitrogens is 1. The lowest BCUT2D eigenvalue weighted by molar-refractivity contribution is 0.304. The van der Waals surface area contributed by atoms with Gasteiger partial charge in [-0.15, -0.1) is 0 Å². The van der Waals surface area contributed by atoms with Crippen LogP contribution in [0.4, 0.5) is 0 Å². The van der Waals surface area contributed by atoms with Crippen molar-refractivity contribution >= 4 is 23.1 Å². The van der Waals surface area contributed by atoms with Crippen molar-refractivity contribution in [2.24, 2.45) is 0 Å². The third kappa shape index (κ3) is 9.21. The first kappa shape index (κ1) is 25.8. The zero-order valence-electron chi connectivity index (χ0n) is 21.1. The number of hydrogen-bond donors (Lipinski definition) is 0. The predicted molar refractivity (Wildman–Crippen MR) is 146 cm³/mol. The number of hydrogen-bond acceptors (Lipinski definition) is 3. The molecule has 0 aliphatic heterocycles. The van der Waals surface area contributed by atoms with Gasteiger partial charge in [-0.1, -0.05) is 89.0 Å². The quantitative estimate of drug-likeness (QED) is 0.200. The number of ether oxygens (including phenoxy) is 2. The van der Waals surface area contributed by atoms with Crippen molar-refractivity contribution in [1.82, 2.24) is 4.98 Å². The Hall–Kier alpha value is -2.81. The summed E-state index contributed by atoms with van der Waals surface area (Å²) in [6, 6.07) is 18.5. The van der Waals surface area contributed by atoms with Crippen LogP contribution in [-0.4, -0.2) is 18.2 Å². The largest absolute Gasteiger partial charge is 0.494 e. The van der Waals surface area contributed by atoms with Crippen LogP contribution < -0.4 is 9.47 Å². The van der Waals surface area contributed by atoms with Crippen LogP contribution in [-0.2, 0) is 0 Å². The molecule has 0 amide bonds. The van der Waals surface area contributed by atoms with Crippen LogP contribution in [0, 0.1) is 0 Å². The molecule has 0 bridgehead atoms. The van der Waals surface area contributed by atoms with E-state index in [9.17, 15) is 0 Å². The molecule has 3 heteroatoms. The van der Waals surface area contributed by atoms with E-state index < -0.39 is 0 Å². The second kappa shape index (κ2) is 15.2. The molecule has 0 N–H and O–H groups in total. The van der Waals surface area contributed by atoms with E-state index in [1.165, 1.54) is 57.8 Å². The number of fused-ring (bicyclic) bond motifs is 1. The average molecular weight is 460 g/mol. The third-order valence-electron chi connectivity index (χ3n) is 6.09. The molecule has 1 aromatic heterocycles. The lowest BCUT2D eigenvalue weighted by atomic mass is 10.1. The van der Waals surface area contributed by atoms with E-state index in [4.69, 9.17) is 14.5 Å². The second-order valence-corrected chi connectivity index (χ2v) is 8.96. The molecule has 0 unspecified atom stereocenters. The van der Waals surface area contributed by atoms with Crippen LogP contribution in [0.1, 0.15) is 89.3 Å². The normalized spacial score (nSPS) is 11.4. The maximum atomic E-state index is 5.92. The van der Waals surface area contributed by atoms with E-state index in [1.54, 1.807) is 0 Å². The summed E-state index contributed by atoms with van der Waals surface area (Å²) >= 11 is 0. The molecule has 0 aliphatic rings. The van der Waals surface area contributed by atoms with Crippen molar-refractivity contribution in [2.75, 3.05) is 13.2 Å². The molecule has 182 valence electrons. The highest BCUT2D eigenvalue weighted by Gasteiger charge is 2.00. The first-order valence-corrected chi connectivity index (χ1v) is 13.2. The fraction of sp³-hybridized carbons (Fsp3) is 0.452. The number of unbranched alkanes of at least 4 members (excludes halogenated alkanes) is 9. The molecular weight excluding hydrogens is 418 g/mol. The van der Waals surface area contributed by atoms with Crippen LogP contribution in [0.2, 0.25) is 0 Å². The van der Waals surface area contributed by atoms with Gasteiger partial charge in [0.15, 0.2) is 0 Å². The Morgan fingerprint density at radius 3 is 2.03 bits per heavy atom. The maximum Gasteiger partial charge on any atom is 0.120 e. The summed E-state index contributed by atoms with van der Waals surface area (Å²) in [4.78, 5) is 4.74. The topological polar surface area (TPSA) is 31.4 Å². The molecule has 3 nitrogen and oxygen atoms in total. The molecule has 1 heterocycles. The number of rotatable bonds is 16. The summed E-state index contributed by atoms with van der Waals surface area (Å²) in [5.41, 5.74) is 3.05. The van der Waals surface area contributed by atoms with Gasteiger partial charge in [0.05, 0.1) is 24.4 Å². The fourth-order valence-corrected chi connectivity index (χ4v) is 4.10. The molecule has 3 aromatic rings. The summed E-state index contributed by atoms with van der Waals surface area (Å²) < 4.78 is 11.5. The molecule has 0 fully saturated rings. The van der Waals surface area contributed by atoms with Crippen molar-refractivity contribution in [3.05, 3.63) is 65.9 Å². The average Bonchev–Trinajstić information content (AvgIpc) is 2.87. The Balaban J connectivity index is 1.35. The van der Waals surface area contributed by atoms with Gasteiger partial charge in [-0.25, -0.2) is 4.98 Å². The van der Waals surface area contributed by atoms with E-state index >= 15 is 0 Å². The lowest BCUT2D eigenvalue weighted by Crippen LogP contribution is -1.97. The van der Waals surface area contributed by atoms with Crippen molar-refractivity contribution in [3.63, 3.8) is 0 Å². The zero-order valence-corrected chi connectivity index (χ0v) is 21.1. The summed E-state index contributed by atoms with van der Waals surface area (Å²) in [5, 5.41) is 1.09. The SMILES string of the molecule is CCCCCCCCCCCCOc1ccc(C=Cc2ccc3cc(OCC)ccc3n2)cc1. The molecule has 0 radical (unpaired) electrons. The van der Waals surface area contributed by atoms with Gasteiger partial charge in [0.2, 0.25) is 0 Å². The molecule has 0 atom stereocenters. The zero-order chi connectivity index (χ0) is 23.8. The first-order valence-electron chi connectivity index (χ1n) is 13.2. The third-order valence-corrected chi connectivity index (χ3v) is 6.09. The Morgan fingerprint density at radius 1 is 0.647 bits per heavy atom. The van der Waals surface area contributed by atoms with Crippen molar-refractivity contribution < 1.29 is 9.47 Å². The van der Waals surface area contributed by atoms with Crippen LogP contribution in [0.5, 0.6) is 11.5 Å². The van der Waals surface area contributed by atoms with E-state index in [2.05, 4.69) is 49.4 Å². The minimum atomic E-state index is 0.670. The summed E-state index contributed by atoms with van der Waals surface area (Å²) in [6.45, 7) is 5.74. The van der Waals surface area contributed by atoms with E-state index in [1.807, 2.05) is 31.2 Å². The van der Waals surface area contributed by atoms with Gasteiger partial charge in [0.25, 0.3) is 0 Å². The van der Waals surface area contributed by atoms with E-state index in [0.717, 1.165) is 46.7 Å². The molecular formula is C31H41NO2. The molecule has 2 aromatic carbocycles. The highest BCUT2D eigenvalue weighted by Crippen LogP contribution is 2.21. The number of nitrogens with zero attached hydrogens (tertiary/aromatic N) is 1. The highest BCUT2D eigenvalue weighted by atomic mass is 16.5. The Morgan fingerprint density at radius 2 is 1.32 bits per heavy atom. The summed E-state index contributed by atoms with van der Waals surface area (Å²) in [5.74, 6) is 1.83. The van der Waals surface area contributed by atoms with Crippen LogP contribution in [0.15, 0.2) is 54.6 Å². The standard InChI is InChI=1S/C31H41NO2/c1-3-5-6-7-8-9-10-11-12-13-24-34-29-20-15-26(16-21-29)14-18-28-19-17-27-25-30(33-4-2)22-23-31(27)32-28/h14-23,25H,3-13,24H2,1-2H3. The number of benzene rings is 2. The number of pyridine rings is 1. The van der Waals surface area contributed by atoms with Gasteiger partial charge < -0.3 is 9.47 Å². The minimum Gasteiger partial charge on any atom is -0.494 e. The van der Waals surface area contributed by atoms with Gasteiger partial charge >= 0.3 is 0 Å². The Bertz CT molecular complexity index is 994. The monoisotopic (exact) mass is 459 g/mol.